The van der Waals surface area contributed by atoms with Crippen LogP contribution >= 0.6 is 0 Å². The fourth-order valence-electron chi connectivity index (χ4n) is 2.72. The van der Waals surface area contributed by atoms with Crippen molar-refractivity contribution in [1.29, 1.82) is 0 Å². The molecule has 5 nitrogen and oxygen atoms in total. The lowest BCUT2D eigenvalue weighted by atomic mass is 10.0. The highest BCUT2D eigenvalue weighted by Crippen LogP contribution is 2.32. The van der Waals surface area contributed by atoms with Crippen molar-refractivity contribution in [2.75, 3.05) is 20.4 Å². The lowest BCUT2D eigenvalue weighted by Gasteiger charge is -2.27. The van der Waals surface area contributed by atoms with E-state index in [0.29, 0.717) is 6.54 Å². The molecule has 0 saturated carbocycles. The average molecular weight is 276 g/mol. The van der Waals surface area contributed by atoms with E-state index in [1.807, 2.05) is 25.2 Å². The molecule has 1 amide bonds. The molecule has 1 N–H and O–H groups in total. The van der Waals surface area contributed by atoms with Crippen LogP contribution in [0.4, 0.5) is 0 Å². The Hall–Kier alpha value is -1.75. The molecule has 1 saturated heterocycles. The molecule has 1 aromatic rings. The van der Waals surface area contributed by atoms with Gasteiger partial charge in [0.25, 0.3) is 0 Å². The minimum Gasteiger partial charge on any atom is -0.454 e. The number of carbonyl (C=O) groups is 1. The first-order valence-electron chi connectivity index (χ1n) is 7.11. The zero-order chi connectivity index (χ0) is 13.9. The van der Waals surface area contributed by atoms with Crippen molar-refractivity contribution in [3.63, 3.8) is 0 Å². The number of amides is 1. The van der Waals surface area contributed by atoms with Gasteiger partial charge in [0, 0.05) is 13.6 Å². The summed E-state index contributed by atoms with van der Waals surface area (Å²) in [5, 5.41) is 3.29. The van der Waals surface area contributed by atoms with E-state index in [2.05, 4.69) is 5.32 Å². The number of piperidine rings is 1. The van der Waals surface area contributed by atoms with Crippen LogP contribution in [0.2, 0.25) is 0 Å². The second kappa shape index (κ2) is 5.71. The van der Waals surface area contributed by atoms with Crippen LogP contribution in [0, 0.1) is 0 Å². The maximum Gasteiger partial charge on any atom is 0.239 e. The molecule has 0 aromatic heterocycles. The molecule has 20 heavy (non-hydrogen) atoms. The van der Waals surface area contributed by atoms with Crippen molar-refractivity contribution < 1.29 is 14.3 Å². The van der Waals surface area contributed by atoms with Crippen molar-refractivity contribution in [2.45, 2.75) is 31.8 Å². The fraction of sp³-hybridized carbons (Fsp3) is 0.533. The Morgan fingerprint density at radius 1 is 1.35 bits per heavy atom. The van der Waals surface area contributed by atoms with Gasteiger partial charge in [-0.15, -0.1) is 0 Å². The first kappa shape index (κ1) is 13.2. The molecule has 0 spiro atoms. The predicted molar refractivity (Wildman–Crippen MR) is 74.7 cm³/mol. The van der Waals surface area contributed by atoms with Crippen LogP contribution in [0.3, 0.4) is 0 Å². The Kier molecular flexibility index (Phi) is 3.78. The van der Waals surface area contributed by atoms with Crippen molar-refractivity contribution in [2.24, 2.45) is 0 Å². The molecule has 0 aliphatic carbocycles. The zero-order valence-corrected chi connectivity index (χ0v) is 11.7. The molecule has 108 valence electrons. The van der Waals surface area contributed by atoms with Crippen LogP contribution in [0.5, 0.6) is 11.5 Å². The van der Waals surface area contributed by atoms with Gasteiger partial charge in [-0.1, -0.05) is 12.5 Å². The number of rotatable bonds is 3. The van der Waals surface area contributed by atoms with E-state index >= 15 is 0 Å². The van der Waals surface area contributed by atoms with Gasteiger partial charge in [-0.25, -0.2) is 0 Å². The number of carbonyl (C=O) groups excluding carboxylic acids is 1. The smallest absolute Gasteiger partial charge is 0.239 e. The Bertz CT molecular complexity index is 498. The maximum atomic E-state index is 12.3. The van der Waals surface area contributed by atoms with Crippen LogP contribution in [-0.2, 0) is 11.3 Å². The predicted octanol–water partition coefficient (Wildman–Crippen LogP) is 1.52. The van der Waals surface area contributed by atoms with Crippen molar-refractivity contribution >= 4 is 5.91 Å². The van der Waals surface area contributed by atoms with E-state index < -0.39 is 0 Å². The van der Waals surface area contributed by atoms with Crippen molar-refractivity contribution in [3.05, 3.63) is 23.8 Å². The van der Waals surface area contributed by atoms with Crippen LogP contribution in [0.1, 0.15) is 24.8 Å². The first-order chi connectivity index (χ1) is 9.74. The molecule has 1 fully saturated rings. The van der Waals surface area contributed by atoms with Gasteiger partial charge >= 0.3 is 0 Å². The summed E-state index contributed by atoms with van der Waals surface area (Å²) in [5.41, 5.74) is 1.06. The summed E-state index contributed by atoms with van der Waals surface area (Å²) in [6.45, 7) is 1.81. The standard InChI is InChI=1S/C15H20N2O3/c1-17(15(18)12-4-2-3-7-16-12)9-11-5-6-13-14(8-11)20-10-19-13/h5-6,8,12,16H,2-4,7,9-10H2,1H3/t12-/m0/s1. The summed E-state index contributed by atoms with van der Waals surface area (Å²) in [5.74, 6) is 1.71. The quantitative estimate of drug-likeness (QED) is 0.909. The van der Waals surface area contributed by atoms with Crippen molar-refractivity contribution in [3.8, 4) is 11.5 Å². The summed E-state index contributed by atoms with van der Waals surface area (Å²) in [4.78, 5) is 14.1. The molecule has 2 aliphatic rings. The number of nitrogens with one attached hydrogen (secondary N) is 1. The summed E-state index contributed by atoms with van der Waals surface area (Å²) < 4.78 is 10.6. The number of fused-ring (bicyclic) bond motifs is 1. The maximum absolute atomic E-state index is 12.3. The molecule has 1 aromatic carbocycles. The van der Waals surface area contributed by atoms with Crippen LogP contribution in [-0.4, -0.2) is 37.2 Å². The molecule has 1 atom stereocenters. The second-order valence-corrected chi connectivity index (χ2v) is 5.38. The monoisotopic (exact) mass is 276 g/mol. The molecule has 2 heterocycles. The number of hydrogen-bond acceptors (Lipinski definition) is 4. The summed E-state index contributed by atoms with van der Waals surface area (Å²) in [7, 11) is 1.85. The minimum absolute atomic E-state index is 0.0252. The molecule has 0 radical (unpaired) electrons. The molecule has 3 rings (SSSR count). The van der Waals surface area contributed by atoms with E-state index in [1.54, 1.807) is 4.90 Å². The Morgan fingerprint density at radius 2 is 2.20 bits per heavy atom. The Balaban J connectivity index is 1.63. The van der Waals surface area contributed by atoms with Gasteiger partial charge in [-0.05, 0) is 37.1 Å². The molecule has 0 bridgehead atoms. The van der Waals surface area contributed by atoms with Gasteiger partial charge in [0.05, 0.1) is 6.04 Å². The molecule has 2 aliphatic heterocycles. The van der Waals surface area contributed by atoms with Crippen LogP contribution in [0.25, 0.3) is 0 Å². The largest absolute Gasteiger partial charge is 0.454 e. The van der Waals surface area contributed by atoms with E-state index in [9.17, 15) is 4.79 Å². The van der Waals surface area contributed by atoms with E-state index in [4.69, 9.17) is 9.47 Å². The third-order valence-electron chi connectivity index (χ3n) is 3.84. The Morgan fingerprint density at radius 3 is 3.00 bits per heavy atom. The topological polar surface area (TPSA) is 50.8 Å². The SMILES string of the molecule is CN(Cc1ccc2c(c1)OCO2)C(=O)[C@@H]1CCCCN1. The summed E-state index contributed by atoms with van der Waals surface area (Å²) >= 11 is 0. The highest BCUT2D eigenvalue weighted by Gasteiger charge is 2.24. The lowest BCUT2D eigenvalue weighted by molar-refractivity contribution is -0.133. The van der Waals surface area contributed by atoms with Gasteiger partial charge in [-0.2, -0.15) is 0 Å². The molecular weight excluding hydrogens is 256 g/mol. The zero-order valence-electron chi connectivity index (χ0n) is 11.7. The number of benzene rings is 1. The number of nitrogens with zero attached hydrogens (tertiary/aromatic N) is 1. The van der Waals surface area contributed by atoms with Gasteiger partial charge in [-0.3, -0.25) is 4.79 Å². The van der Waals surface area contributed by atoms with E-state index in [1.165, 1.54) is 0 Å². The third kappa shape index (κ3) is 2.72. The molecule has 5 heteroatoms. The summed E-state index contributed by atoms with van der Waals surface area (Å²) in [6, 6.07) is 5.80. The van der Waals surface area contributed by atoms with E-state index in [-0.39, 0.29) is 18.7 Å². The molecule has 0 unspecified atom stereocenters. The Labute approximate surface area is 118 Å². The van der Waals surface area contributed by atoms with Gasteiger partial charge in [0.1, 0.15) is 0 Å². The summed E-state index contributed by atoms with van der Waals surface area (Å²) in [6.07, 6.45) is 3.22. The minimum atomic E-state index is -0.0252. The fourth-order valence-corrected chi connectivity index (χ4v) is 2.72. The van der Waals surface area contributed by atoms with Gasteiger partial charge in [0.15, 0.2) is 11.5 Å². The highest BCUT2D eigenvalue weighted by atomic mass is 16.7. The third-order valence-corrected chi connectivity index (χ3v) is 3.84. The van der Waals surface area contributed by atoms with Gasteiger partial charge in [0.2, 0.25) is 12.7 Å². The number of likely N-dealkylation sites (N-methyl/N-ethyl adjacent to an activating group) is 1. The molecular formula is C15H20N2O3. The average Bonchev–Trinajstić information content (AvgIpc) is 2.95. The highest BCUT2D eigenvalue weighted by molar-refractivity contribution is 5.81. The normalized spacial score (nSPS) is 20.8. The van der Waals surface area contributed by atoms with Crippen molar-refractivity contribution in [1.82, 2.24) is 10.2 Å². The van der Waals surface area contributed by atoms with Gasteiger partial charge < -0.3 is 19.7 Å². The van der Waals surface area contributed by atoms with Crippen LogP contribution < -0.4 is 14.8 Å². The second-order valence-electron chi connectivity index (χ2n) is 5.38. The number of ether oxygens (including phenoxy) is 2. The number of hydrogen-bond donors (Lipinski definition) is 1. The lowest BCUT2D eigenvalue weighted by Crippen LogP contribution is -2.46. The first-order valence-corrected chi connectivity index (χ1v) is 7.11. The van der Waals surface area contributed by atoms with Crippen LogP contribution in [0.15, 0.2) is 18.2 Å². The van der Waals surface area contributed by atoms with E-state index in [0.717, 1.165) is 42.9 Å².